The van der Waals surface area contributed by atoms with Crippen LogP contribution in [0.15, 0.2) is 17.7 Å². The first-order valence-electron chi connectivity index (χ1n) is 3.18. The van der Waals surface area contributed by atoms with Crippen LogP contribution in [0.2, 0.25) is 0 Å². The zero-order valence-corrected chi connectivity index (χ0v) is 15.1. The maximum atomic E-state index is 4.91. The molecule has 0 aromatic rings. The molecule has 0 unspecified atom stereocenters. The van der Waals surface area contributed by atoms with Crippen molar-refractivity contribution in [2.75, 3.05) is 13.7 Å². The van der Waals surface area contributed by atoms with E-state index >= 15 is 0 Å². The number of rotatable bonds is 3. The second-order valence-corrected chi connectivity index (χ2v) is 2.05. The van der Waals surface area contributed by atoms with E-state index in [9.17, 15) is 0 Å². The summed E-state index contributed by atoms with van der Waals surface area (Å²) in [6, 6.07) is 0. The Bertz CT molecular complexity index is 151. The number of hydrogen-bond donors (Lipinski definition) is 0. The molecule has 0 saturated carbocycles. The van der Waals surface area contributed by atoms with E-state index in [1.165, 1.54) is 5.57 Å². The van der Waals surface area contributed by atoms with Crippen LogP contribution in [-0.2, 0) is 26.5 Å². The molecule has 0 fully saturated rings. The summed E-state index contributed by atoms with van der Waals surface area (Å²) in [5.41, 5.74) is 1.29. The van der Waals surface area contributed by atoms with Gasteiger partial charge in [0.05, 0.1) is 0 Å². The third-order valence-electron chi connectivity index (χ3n) is 1.34. The van der Waals surface area contributed by atoms with Gasteiger partial charge in [-0.2, -0.15) is 6.08 Å². The molecule has 17 heavy (non-hydrogen) atoms. The zero-order valence-electron chi connectivity index (χ0n) is 11.3. The van der Waals surface area contributed by atoms with Crippen LogP contribution in [0.1, 0.15) is 12.8 Å². The van der Waals surface area contributed by atoms with Gasteiger partial charge in [-0.3, -0.25) is 6.08 Å². The van der Waals surface area contributed by atoms with E-state index in [2.05, 4.69) is 18.2 Å². The Morgan fingerprint density at radius 2 is 1.59 bits per heavy atom. The van der Waals surface area contributed by atoms with E-state index in [0.29, 0.717) is 0 Å². The minimum atomic E-state index is 0. The molecule has 0 saturated heterocycles. The molecule has 1 aliphatic carbocycles. The first-order valence-corrected chi connectivity index (χ1v) is 3.18. The van der Waals surface area contributed by atoms with Gasteiger partial charge in [0.15, 0.2) is 0 Å². The Labute approximate surface area is 143 Å². The van der Waals surface area contributed by atoms with E-state index in [1.807, 2.05) is 0 Å². The molecule has 107 valence electrons. The average Bonchev–Trinajstić information content (AvgIpc) is 2.34. The third kappa shape index (κ3) is 26.6. The Kier molecular flexibility index (Phi) is 110. The summed E-state index contributed by atoms with van der Waals surface area (Å²) in [5.74, 6) is 0. The Morgan fingerprint density at radius 1 is 1.12 bits per heavy atom. The quantitative estimate of drug-likeness (QED) is 0.369. The summed E-state index contributed by atoms with van der Waals surface area (Å²) in [6.45, 7) is 0.812. The molecule has 0 aromatic carbocycles. The second-order valence-electron chi connectivity index (χ2n) is 2.05. The molecule has 0 heterocycles. The minimum Gasteiger partial charge on any atom is -1.00 e. The van der Waals surface area contributed by atoms with Gasteiger partial charge in [0.2, 0.25) is 0 Å². The summed E-state index contributed by atoms with van der Waals surface area (Å²) in [6.07, 6.45) is 9.44. The topological polar surface area (TPSA) is 9.23 Å². The normalized spacial score (nSPS) is 8.65. The SMILES string of the molecule is COCCC1=[C-]CC=C1.[CH3-].[CH3-].[CH3-].[CH3-].[Cl-].[Cl-].[Cl-].[Ti+3]. The van der Waals surface area contributed by atoms with Gasteiger partial charge < -0.3 is 71.7 Å². The van der Waals surface area contributed by atoms with Crippen molar-refractivity contribution in [3.63, 3.8) is 0 Å². The first kappa shape index (κ1) is 52.0. The minimum absolute atomic E-state index is 0. The standard InChI is InChI=1S/C8H11O.4CH3.3ClH.Ti/c1-9-7-6-8-4-2-3-5-8;;;;;;;;/h2,4H,3,6-7H2,1H3;4*1H3;3*1H;/q5*-1;;;;+3/p-3. The van der Waals surface area contributed by atoms with Crippen molar-refractivity contribution in [1.29, 1.82) is 0 Å². The smallest absolute Gasteiger partial charge is 1.00 e. The monoisotopic (exact) mass is 336 g/mol. The van der Waals surface area contributed by atoms with Crippen molar-refractivity contribution < 1.29 is 63.7 Å². The average molecular weight is 338 g/mol. The Hall–Kier alpha value is 1.02. The zero-order chi connectivity index (χ0) is 6.53. The summed E-state index contributed by atoms with van der Waals surface area (Å²) < 4.78 is 4.91. The van der Waals surface area contributed by atoms with E-state index in [0.717, 1.165) is 19.4 Å². The van der Waals surface area contributed by atoms with Gasteiger partial charge in [0.25, 0.3) is 0 Å². The van der Waals surface area contributed by atoms with Crippen LogP contribution in [0.25, 0.3) is 0 Å². The Morgan fingerprint density at radius 3 is 1.88 bits per heavy atom. The molecule has 1 radical (unpaired) electrons. The van der Waals surface area contributed by atoms with Crippen molar-refractivity contribution in [3.05, 3.63) is 53.5 Å². The van der Waals surface area contributed by atoms with Gasteiger partial charge in [0, 0.05) is 13.7 Å². The molecule has 0 bridgehead atoms. The fourth-order valence-electron chi connectivity index (χ4n) is 0.834. The van der Waals surface area contributed by atoms with Crippen LogP contribution in [-0.4, -0.2) is 13.7 Å². The molecule has 0 aromatic heterocycles. The van der Waals surface area contributed by atoms with Gasteiger partial charge in [-0.1, -0.05) is 0 Å². The Balaban J connectivity index is -0.0000000169. The summed E-state index contributed by atoms with van der Waals surface area (Å²) in [5, 5.41) is 0. The van der Waals surface area contributed by atoms with Crippen LogP contribution >= 0.6 is 0 Å². The largest absolute Gasteiger partial charge is 3.00 e. The molecule has 1 nitrogen and oxygen atoms in total. The molecular formula is C12H23Cl3OTi-5. The summed E-state index contributed by atoms with van der Waals surface area (Å²) >= 11 is 0. The third-order valence-corrected chi connectivity index (χ3v) is 1.34. The second kappa shape index (κ2) is 36.0. The molecule has 1 rings (SSSR count). The number of allylic oxidation sites excluding steroid dienone is 3. The van der Waals surface area contributed by atoms with Crippen LogP contribution in [0.3, 0.4) is 0 Å². The van der Waals surface area contributed by atoms with Gasteiger partial charge in [-0.15, -0.1) is 6.42 Å². The van der Waals surface area contributed by atoms with E-state index in [1.54, 1.807) is 7.11 Å². The summed E-state index contributed by atoms with van der Waals surface area (Å²) in [7, 11) is 1.72. The van der Waals surface area contributed by atoms with Crippen LogP contribution < -0.4 is 37.2 Å². The number of hydrogen-bond acceptors (Lipinski definition) is 1. The molecule has 5 heteroatoms. The van der Waals surface area contributed by atoms with Gasteiger partial charge >= 0.3 is 21.7 Å². The van der Waals surface area contributed by atoms with E-state index in [4.69, 9.17) is 4.74 Å². The number of halogens is 3. The van der Waals surface area contributed by atoms with Crippen molar-refractivity contribution in [1.82, 2.24) is 0 Å². The molecule has 0 N–H and O–H groups in total. The predicted octanol–water partition coefficient (Wildman–Crippen LogP) is -5.48. The molecular weight excluding hydrogens is 314 g/mol. The van der Waals surface area contributed by atoms with Crippen LogP contribution in [0, 0.1) is 35.8 Å². The number of ether oxygens (including phenoxy) is 1. The maximum Gasteiger partial charge on any atom is 3.00 e. The molecule has 0 amide bonds. The van der Waals surface area contributed by atoms with Crippen molar-refractivity contribution in [2.24, 2.45) is 0 Å². The number of methoxy groups -OCH3 is 1. The molecule has 0 atom stereocenters. The van der Waals surface area contributed by atoms with Crippen molar-refractivity contribution in [3.8, 4) is 0 Å². The maximum absolute atomic E-state index is 4.91. The first-order chi connectivity index (χ1) is 4.43. The van der Waals surface area contributed by atoms with E-state index < -0.39 is 0 Å². The fourth-order valence-corrected chi connectivity index (χ4v) is 0.834. The van der Waals surface area contributed by atoms with Crippen molar-refractivity contribution >= 4 is 0 Å². The fraction of sp³-hybridized carbons (Fsp3) is 0.333. The van der Waals surface area contributed by atoms with Gasteiger partial charge in [0.1, 0.15) is 0 Å². The molecule has 0 spiro atoms. The van der Waals surface area contributed by atoms with Gasteiger partial charge in [-0.05, 0) is 6.42 Å². The van der Waals surface area contributed by atoms with Gasteiger partial charge in [-0.25, -0.2) is 11.6 Å². The summed E-state index contributed by atoms with van der Waals surface area (Å²) in [4.78, 5) is 0. The van der Waals surface area contributed by atoms with Crippen LogP contribution in [0.4, 0.5) is 0 Å². The molecule has 0 aliphatic heterocycles. The predicted molar refractivity (Wildman–Crippen MR) is 62.7 cm³/mol. The van der Waals surface area contributed by atoms with Crippen LogP contribution in [0.5, 0.6) is 0 Å². The van der Waals surface area contributed by atoms with Crippen molar-refractivity contribution in [2.45, 2.75) is 12.8 Å². The molecule has 1 aliphatic rings. The van der Waals surface area contributed by atoms with E-state index in [-0.39, 0.29) is 88.6 Å².